The van der Waals surface area contributed by atoms with E-state index >= 15 is 0 Å². The molecule has 0 N–H and O–H groups in total. The SMILES string of the molecule is C1=N[C-]2CCC1O2. The highest BCUT2D eigenvalue weighted by molar-refractivity contribution is 5.67. The molecule has 2 bridgehead atoms. The van der Waals surface area contributed by atoms with Crippen molar-refractivity contribution in [2.45, 2.75) is 18.9 Å². The summed E-state index contributed by atoms with van der Waals surface area (Å²) in [5, 5.41) is 0. The molecule has 38 valence electrons. The molecule has 0 saturated carbocycles. The van der Waals surface area contributed by atoms with Gasteiger partial charge in [0, 0.05) is 6.10 Å². The number of fused-ring (bicyclic) bond motifs is 2. The summed E-state index contributed by atoms with van der Waals surface area (Å²) >= 11 is 0. The zero-order valence-corrected chi connectivity index (χ0v) is 3.92. The highest BCUT2D eigenvalue weighted by Crippen LogP contribution is 2.30. The molecule has 1 unspecified atom stereocenters. The Hall–Kier alpha value is -0.500. The fourth-order valence-electron chi connectivity index (χ4n) is 0.925. The smallest absolute Gasteiger partial charge is 0.0121 e. The third-order valence-corrected chi connectivity index (χ3v) is 1.31. The van der Waals surface area contributed by atoms with E-state index in [-0.39, 0.29) is 0 Å². The first kappa shape index (κ1) is 3.50. The Kier molecular flexibility index (Phi) is 0.504. The average Bonchev–Trinajstić information content (AvgIpc) is 2.22. The second-order valence-electron chi connectivity index (χ2n) is 1.87. The maximum atomic E-state index is 5.17. The minimum atomic E-state index is 0.343. The van der Waals surface area contributed by atoms with Crippen LogP contribution in [0.3, 0.4) is 0 Å². The largest absolute Gasteiger partial charge is 0.430 e. The predicted octanol–water partition coefficient (Wildman–Crippen LogP) is 0.739. The molecule has 7 heavy (non-hydrogen) atoms. The van der Waals surface area contributed by atoms with E-state index in [0.717, 1.165) is 19.1 Å². The summed E-state index contributed by atoms with van der Waals surface area (Å²) in [7, 11) is 0. The van der Waals surface area contributed by atoms with Gasteiger partial charge < -0.3 is 9.73 Å². The van der Waals surface area contributed by atoms with Gasteiger partial charge in [-0.2, -0.15) is 0 Å². The van der Waals surface area contributed by atoms with E-state index in [2.05, 4.69) is 4.99 Å². The summed E-state index contributed by atoms with van der Waals surface area (Å²) in [5.74, 6) is 0. The summed E-state index contributed by atoms with van der Waals surface area (Å²) in [6.07, 6.45) is 5.36. The summed E-state index contributed by atoms with van der Waals surface area (Å²) < 4.78 is 5.17. The molecule has 0 aromatic heterocycles. The zero-order valence-electron chi connectivity index (χ0n) is 3.92. The van der Waals surface area contributed by atoms with Crippen LogP contribution in [0.5, 0.6) is 0 Å². The van der Waals surface area contributed by atoms with Crippen LogP contribution >= 0.6 is 0 Å². The number of aliphatic imine (C=N–C) groups is 1. The van der Waals surface area contributed by atoms with Gasteiger partial charge in [0.25, 0.3) is 0 Å². The molecule has 0 aliphatic carbocycles. The molecule has 1 atom stereocenters. The van der Waals surface area contributed by atoms with Crippen molar-refractivity contribution in [1.29, 1.82) is 0 Å². The summed E-state index contributed by atoms with van der Waals surface area (Å²) in [4.78, 5) is 3.97. The molecule has 2 aliphatic heterocycles. The van der Waals surface area contributed by atoms with Crippen LogP contribution in [0.2, 0.25) is 0 Å². The van der Waals surface area contributed by atoms with Gasteiger partial charge in [0.15, 0.2) is 0 Å². The monoisotopic (exact) mass is 96.0 g/mol. The Labute approximate surface area is 42.2 Å². The van der Waals surface area contributed by atoms with Gasteiger partial charge in [0.1, 0.15) is 0 Å². The van der Waals surface area contributed by atoms with Gasteiger partial charge in [-0.1, -0.05) is 6.42 Å². The Bertz CT molecular complexity index is 98.6. The van der Waals surface area contributed by atoms with Crippen molar-refractivity contribution in [3.8, 4) is 0 Å². The average molecular weight is 96.1 g/mol. The minimum Gasteiger partial charge on any atom is -0.430 e. The first-order valence-electron chi connectivity index (χ1n) is 2.52. The van der Waals surface area contributed by atoms with Crippen LogP contribution in [-0.2, 0) is 4.74 Å². The molecule has 0 spiro atoms. The van der Waals surface area contributed by atoms with E-state index in [1.54, 1.807) is 0 Å². The van der Waals surface area contributed by atoms with Crippen molar-refractivity contribution in [3.05, 3.63) is 6.23 Å². The second kappa shape index (κ2) is 1.01. The molecule has 0 amide bonds. The Morgan fingerprint density at radius 2 is 2.86 bits per heavy atom. The van der Waals surface area contributed by atoms with Crippen molar-refractivity contribution in [1.82, 2.24) is 0 Å². The van der Waals surface area contributed by atoms with E-state index in [1.165, 1.54) is 0 Å². The van der Waals surface area contributed by atoms with Gasteiger partial charge in [0.2, 0.25) is 0 Å². The lowest BCUT2D eigenvalue weighted by molar-refractivity contribution is 0.184. The van der Waals surface area contributed by atoms with Gasteiger partial charge >= 0.3 is 0 Å². The standard InChI is InChI=1S/C5H6NO/c1-2-5-6-3-4(1)7-5/h3-4H,1-2H2/q-1. The third-order valence-electron chi connectivity index (χ3n) is 1.31. The summed E-state index contributed by atoms with van der Waals surface area (Å²) in [6.45, 7) is 0. The van der Waals surface area contributed by atoms with Crippen LogP contribution in [0.25, 0.3) is 0 Å². The van der Waals surface area contributed by atoms with Crippen LogP contribution in [-0.4, -0.2) is 12.3 Å². The highest BCUT2D eigenvalue weighted by Gasteiger charge is 2.17. The van der Waals surface area contributed by atoms with Crippen LogP contribution in [0, 0.1) is 6.23 Å². The first-order valence-corrected chi connectivity index (χ1v) is 2.52. The summed E-state index contributed by atoms with van der Waals surface area (Å²) in [5.41, 5.74) is 0. The molecule has 2 heterocycles. The molecule has 0 aromatic carbocycles. The number of rotatable bonds is 0. The van der Waals surface area contributed by atoms with Gasteiger partial charge in [-0.05, 0) is 12.6 Å². The maximum Gasteiger partial charge on any atom is 0.0121 e. The van der Waals surface area contributed by atoms with E-state index in [4.69, 9.17) is 4.74 Å². The number of ether oxygens (including phenoxy) is 1. The Balaban J connectivity index is 2.27. The molecular weight excluding hydrogens is 90.1 g/mol. The predicted molar refractivity (Wildman–Crippen MR) is 25.8 cm³/mol. The molecule has 2 heteroatoms. The lowest BCUT2D eigenvalue weighted by atomic mass is 10.2. The van der Waals surface area contributed by atoms with E-state index in [0.29, 0.717) is 6.10 Å². The lowest BCUT2D eigenvalue weighted by Gasteiger charge is -2.04. The fraction of sp³-hybridized carbons (Fsp3) is 0.600. The minimum absolute atomic E-state index is 0.343. The van der Waals surface area contributed by atoms with Gasteiger partial charge in [-0.15, -0.1) is 6.21 Å². The number of hydrogen-bond acceptors (Lipinski definition) is 2. The first-order chi connectivity index (χ1) is 3.45. The molecule has 2 aliphatic rings. The van der Waals surface area contributed by atoms with Crippen LogP contribution in [0.15, 0.2) is 4.99 Å². The van der Waals surface area contributed by atoms with Crippen molar-refractivity contribution in [2.24, 2.45) is 4.99 Å². The maximum absolute atomic E-state index is 5.17. The van der Waals surface area contributed by atoms with Gasteiger partial charge in [-0.25, -0.2) is 0 Å². The number of nitrogens with zero attached hydrogens (tertiary/aromatic N) is 1. The topological polar surface area (TPSA) is 21.6 Å². The Morgan fingerprint density at radius 1 is 1.86 bits per heavy atom. The molecule has 2 rings (SSSR count). The van der Waals surface area contributed by atoms with Gasteiger partial charge in [-0.3, -0.25) is 0 Å². The van der Waals surface area contributed by atoms with Crippen molar-refractivity contribution in [2.75, 3.05) is 0 Å². The summed E-state index contributed by atoms with van der Waals surface area (Å²) in [6, 6.07) is 0. The lowest BCUT2D eigenvalue weighted by Crippen LogP contribution is -1.99. The normalized spacial score (nSPS) is 35.4. The van der Waals surface area contributed by atoms with Gasteiger partial charge in [0.05, 0.1) is 0 Å². The molecule has 0 radical (unpaired) electrons. The molecular formula is C5H6NO-. The number of hydrogen-bond donors (Lipinski definition) is 0. The highest BCUT2D eigenvalue weighted by atomic mass is 16.5. The molecule has 1 saturated heterocycles. The van der Waals surface area contributed by atoms with Crippen LogP contribution < -0.4 is 0 Å². The Morgan fingerprint density at radius 3 is 3.00 bits per heavy atom. The fourth-order valence-corrected chi connectivity index (χ4v) is 0.925. The van der Waals surface area contributed by atoms with Crippen LogP contribution in [0.1, 0.15) is 12.8 Å². The van der Waals surface area contributed by atoms with Crippen LogP contribution in [0.4, 0.5) is 0 Å². The zero-order chi connectivity index (χ0) is 4.69. The van der Waals surface area contributed by atoms with E-state index < -0.39 is 0 Å². The van der Waals surface area contributed by atoms with Crippen molar-refractivity contribution >= 4 is 6.21 Å². The van der Waals surface area contributed by atoms with Crippen molar-refractivity contribution in [3.63, 3.8) is 0 Å². The second-order valence-corrected chi connectivity index (χ2v) is 1.87. The quantitative estimate of drug-likeness (QED) is 0.407. The molecule has 2 nitrogen and oxygen atoms in total. The van der Waals surface area contributed by atoms with E-state index in [9.17, 15) is 0 Å². The molecule has 0 aromatic rings. The molecule has 1 fully saturated rings. The third kappa shape index (κ3) is 0.370. The van der Waals surface area contributed by atoms with E-state index in [1.807, 2.05) is 6.21 Å². The van der Waals surface area contributed by atoms with Crippen molar-refractivity contribution < 1.29 is 4.74 Å².